The average Bonchev–Trinajstić information content (AvgIpc) is 3.45. The number of morpholine rings is 1. The molecule has 1 amide bonds. The maximum absolute atomic E-state index is 12.5. The smallest absolute Gasteiger partial charge is 0.410 e. The van der Waals surface area contributed by atoms with E-state index in [1.807, 2.05) is 0 Å². The Kier molecular flexibility index (Phi) is 4.50. The van der Waals surface area contributed by atoms with Crippen molar-refractivity contribution in [2.45, 2.75) is 44.6 Å². The van der Waals surface area contributed by atoms with Crippen molar-refractivity contribution in [1.29, 1.82) is 0 Å². The fourth-order valence-electron chi connectivity index (χ4n) is 4.72. The maximum Gasteiger partial charge on any atom is 0.410 e. The summed E-state index contributed by atoms with van der Waals surface area (Å²) in [5.74, 6) is 1.61. The molecule has 0 N–H and O–H groups in total. The number of carbonyl (C=O) groups excluding carboxylic acids is 1. The second-order valence-electron chi connectivity index (χ2n) is 7.80. The Bertz CT molecular complexity index is 918. The average molecular weight is 383 g/mol. The molecule has 1 saturated carbocycles. The fraction of sp³-hybridized carbons (Fsp3) is 0.600. The first kappa shape index (κ1) is 17.6. The maximum atomic E-state index is 12.5. The summed E-state index contributed by atoms with van der Waals surface area (Å²) in [6.45, 7) is 4.56. The third-order valence-corrected chi connectivity index (χ3v) is 6.22. The predicted octanol–water partition coefficient (Wildman–Crippen LogP) is 2.43. The predicted molar refractivity (Wildman–Crippen MR) is 102 cm³/mol. The second kappa shape index (κ2) is 7.16. The summed E-state index contributed by atoms with van der Waals surface area (Å²) in [6, 6.07) is 0. The molecule has 2 aliphatic carbocycles. The van der Waals surface area contributed by atoms with E-state index in [0.29, 0.717) is 32.2 Å². The number of rotatable bonds is 3. The van der Waals surface area contributed by atoms with Crippen LogP contribution in [0.3, 0.4) is 0 Å². The van der Waals surface area contributed by atoms with E-state index < -0.39 is 0 Å². The third kappa shape index (κ3) is 2.96. The molecule has 3 atom stereocenters. The molecule has 2 aromatic rings. The molecule has 0 unspecified atom stereocenters. The van der Waals surface area contributed by atoms with Crippen LogP contribution in [0.4, 0.5) is 4.79 Å². The number of amides is 1. The highest BCUT2D eigenvalue weighted by atomic mass is 16.6. The van der Waals surface area contributed by atoms with Crippen LogP contribution in [-0.2, 0) is 15.9 Å². The van der Waals surface area contributed by atoms with E-state index in [1.54, 1.807) is 11.1 Å². The molecule has 148 valence electrons. The summed E-state index contributed by atoms with van der Waals surface area (Å²) in [7, 11) is 0. The quantitative estimate of drug-likeness (QED) is 0.810. The Hall–Kier alpha value is -2.48. The molecule has 8 nitrogen and oxygen atoms in total. The number of nitrogens with zero attached hydrogens (tertiary/aromatic N) is 5. The van der Waals surface area contributed by atoms with Gasteiger partial charge < -0.3 is 14.4 Å². The monoisotopic (exact) mass is 383 g/mol. The Morgan fingerprint density at radius 1 is 1.29 bits per heavy atom. The van der Waals surface area contributed by atoms with Gasteiger partial charge in [0.1, 0.15) is 11.9 Å². The lowest BCUT2D eigenvalue weighted by Crippen LogP contribution is -2.42. The van der Waals surface area contributed by atoms with E-state index in [9.17, 15) is 4.79 Å². The van der Waals surface area contributed by atoms with Gasteiger partial charge in [-0.2, -0.15) is 0 Å². The lowest BCUT2D eigenvalue weighted by Gasteiger charge is -2.27. The molecular formula is C20H25N5O3. The van der Waals surface area contributed by atoms with Crippen molar-refractivity contribution in [3.63, 3.8) is 0 Å². The summed E-state index contributed by atoms with van der Waals surface area (Å²) in [5.41, 5.74) is 2.93. The number of hydrogen-bond donors (Lipinski definition) is 0. The number of fused-ring (bicyclic) bond motifs is 3. The molecule has 0 spiro atoms. The second-order valence-corrected chi connectivity index (χ2v) is 7.80. The molecule has 28 heavy (non-hydrogen) atoms. The number of ether oxygens (including phenoxy) is 2. The van der Waals surface area contributed by atoms with Crippen molar-refractivity contribution < 1.29 is 14.3 Å². The van der Waals surface area contributed by atoms with Gasteiger partial charge >= 0.3 is 6.09 Å². The van der Waals surface area contributed by atoms with Crippen molar-refractivity contribution in [3.8, 4) is 0 Å². The molecule has 0 radical (unpaired) electrons. The summed E-state index contributed by atoms with van der Waals surface area (Å²) >= 11 is 0. The van der Waals surface area contributed by atoms with Crippen LogP contribution in [-0.4, -0.2) is 63.0 Å². The van der Waals surface area contributed by atoms with Crippen molar-refractivity contribution in [1.82, 2.24) is 24.5 Å². The molecular weight excluding hydrogens is 358 g/mol. The first-order valence-corrected chi connectivity index (χ1v) is 10.2. The van der Waals surface area contributed by atoms with Crippen molar-refractivity contribution >= 4 is 17.8 Å². The van der Waals surface area contributed by atoms with E-state index in [0.717, 1.165) is 48.5 Å². The zero-order valence-electron chi connectivity index (χ0n) is 16.1. The molecule has 3 heterocycles. The fourth-order valence-corrected chi connectivity index (χ4v) is 4.72. The highest BCUT2D eigenvalue weighted by Gasteiger charge is 2.40. The molecule has 8 heteroatoms. The van der Waals surface area contributed by atoms with Crippen LogP contribution in [0.25, 0.3) is 11.7 Å². The van der Waals surface area contributed by atoms with Gasteiger partial charge in [0.15, 0.2) is 5.65 Å². The summed E-state index contributed by atoms with van der Waals surface area (Å²) in [4.78, 5) is 18.8. The molecule has 0 bridgehead atoms. The SMILES string of the molecule is CC[C@@H]1C[C@H](OC(=O)N2CCOCC2)C[C@@H]1c1nnc2cnc3c(n12)C=CC3. The minimum atomic E-state index is -0.220. The van der Waals surface area contributed by atoms with Gasteiger partial charge in [-0.25, -0.2) is 4.79 Å². The molecule has 1 saturated heterocycles. The largest absolute Gasteiger partial charge is 0.446 e. The molecule has 1 aliphatic heterocycles. The van der Waals surface area contributed by atoms with Gasteiger partial charge in [-0.3, -0.25) is 9.38 Å². The van der Waals surface area contributed by atoms with Crippen LogP contribution >= 0.6 is 0 Å². The first-order chi connectivity index (χ1) is 13.7. The summed E-state index contributed by atoms with van der Waals surface area (Å²) in [6.07, 6.45) is 9.26. The lowest BCUT2D eigenvalue weighted by molar-refractivity contribution is 0.0129. The third-order valence-electron chi connectivity index (χ3n) is 6.22. The lowest BCUT2D eigenvalue weighted by atomic mass is 9.93. The topological polar surface area (TPSA) is 81.8 Å². The molecule has 2 fully saturated rings. The van der Waals surface area contributed by atoms with Gasteiger partial charge in [0, 0.05) is 25.4 Å². The van der Waals surface area contributed by atoms with Gasteiger partial charge in [0.05, 0.1) is 30.8 Å². The van der Waals surface area contributed by atoms with Crippen LogP contribution in [0, 0.1) is 5.92 Å². The Morgan fingerprint density at radius 2 is 2.14 bits per heavy atom. The minimum absolute atomic E-state index is 0.0805. The van der Waals surface area contributed by atoms with E-state index in [1.165, 1.54) is 0 Å². The molecule has 3 aliphatic rings. The highest BCUT2D eigenvalue weighted by Crippen LogP contribution is 2.43. The number of aromatic nitrogens is 4. The summed E-state index contributed by atoms with van der Waals surface area (Å²) < 4.78 is 13.3. The van der Waals surface area contributed by atoms with Crippen LogP contribution in [0.5, 0.6) is 0 Å². The molecule has 0 aromatic carbocycles. The highest BCUT2D eigenvalue weighted by molar-refractivity contribution is 5.68. The van der Waals surface area contributed by atoms with E-state index in [-0.39, 0.29) is 18.1 Å². The van der Waals surface area contributed by atoms with E-state index >= 15 is 0 Å². The molecule has 5 rings (SSSR count). The van der Waals surface area contributed by atoms with Gasteiger partial charge in [0.25, 0.3) is 0 Å². The zero-order valence-corrected chi connectivity index (χ0v) is 16.1. The van der Waals surface area contributed by atoms with Gasteiger partial charge in [-0.1, -0.05) is 19.4 Å². The van der Waals surface area contributed by atoms with Crippen molar-refractivity contribution in [2.24, 2.45) is 5.92 Å². The Morgan fingerprint density at radius 3 is 2.96 bits per heavy atom. The normalized spacial score (nSPS) is 26.8. The number of allylic oxidation sites excluding steroid dienone is 1. The van der Waals surface area contributed by atoms with Crippen molar-refractivity contribution in [2.75, 3.05) is 26.3 Å². The van der Waals surface area contributed by atoms with Crippen LogP contribution < -0.4 is 0 Å². The van der Waals surface area contributed by atoms with Gasteiger partial charge in [0.2, 0.25) is 0 Å². The first-order valence-electron chi connectivity index (χ1n) is 10.2. The van der Waals surface area contributed by atoms with Gasteiger partial charge in [-0.05, 0) is 24.8 Å². The Balaban J connectivity index is 1.38. The summed E-state index contributed by atoms with van der Waals surface area (Å²) in [5, 5.41) is 8.88. The number of hydrogen-bond acceptors (Lipinski definition) is 6. The van der Waals surface area contributed by atoms with Crippen LogP contribution in [0.15, 0.2) is 12.3 Å². The van der Waals surface area contributed by atoms with Crippen molar-refractivity contribution in [3.05, 3.63) is 29.5 Å². The van der Waals surface area contributed by atoms with E-state index in [2.05, 4.69) is 38.7 Å². The Labute approximate surface area is 163 Å². The zero-order chi connectivity index (χ0) is 19.1. The van der Waals surface area contributed by atoms with Gasteiger partial charge in [-0.15, -0.1) is 10.2 Å². The molecule has 2 aromatic heterocycles. The standard InChI is InChI=1S/C20H25N5O3/c1-2-13-10-14(28-20(26)24-6-8-27-9-7-24)11-15(13)19-23-22-18-12-21-16-4-3-5-17(16)25(18)19/h3,5,12-15H,2,4,6-11H2,1H3/t13-,14+,15+/m1/s1. The van der Waals surface area contributed by atoms with Crippen LogP contribution in [0.1, 0.15) is 49.3 Å². The van der Waals surface area contributed by atoms with Crippen LogP contribution in [0.2, 0.25) is 0 Å². The number of carbonyl (C=O) groups is 1. The minimum Gasteiger partial charge on any atom is -0.446 e. The van der Waals surface area contributed by atoms with E-state index in [4.69, 9.17) is 9.47 Å².